The average molecular weight is 430 g/mol. The molecule has 4 nitrogen and oxygen atoms in total. The second kappa shape index (κ2) is 8.68. The summed E-state index contributed by atoms with van der Waals surface area (Å²) in [5, 5.41) is 2.66. The summed E-state index contributed by atoms with van der Waals surface area (Å²) in [6.45, 7) is 0.366. The quantitative estimate of drug-likeness (QED) is 0.568. The molecule has 0 aliphatic rings. The second-order valence-electron chi connectivity index (χ2n) is 5.73. The number of benzene rings is 3. The molecule has 0 unspecified atom stereocenters. The van der Waals surface area contributed by atoms with Crippen LogP contribution in [0, 0.1) is 5.82 Å². The van der Waals surface area contributed by atoms with Crippen LogP contribution in [0.25, 0.3) is 0 Å². The van der Waals surface area contributed by atoms with E-state index in [1.807, 2.05) is 30.3 Å². The molecule has 3 aromatic rings. The lowest BCUT2D eigenvalue weighted by atomic mass is 10.1. The van der Waals surface area contributed by atoms with Crippen molar-refractivity contribution in [2.75, 3.05) is 12.4 Å². The van der Waals surface area contributed by atoms with Gasteiger partial charge in [0.1, 0.15) is 12.4 Å². The Morgan fingerprint density at radius 3 is 2.56 bits per heavy atom. The van der Waals surface area contributed by atoms with Gasteiger partial charge in [0.2, 0.25) is 0 Å². The predicted octanol–water partition coefficient (Wildman–Crippen LogP) is 5.43. The van der Waals surface area contributed by atoms with E-state index >= 15 is 0 Å². The highest BCUT2D eigenvalue weighted by Crippen LogP contribution is 2.37. The minimum Gasteiger partial charge on any atom is -0.493 e. The van der Waals surface area contributed by atoms with Gasteiger partial charge in [-0.1, -0.05) is 36.4 Å². The molecule has 138 valence electrons. The van der Waals surface area contributed by atoms with Crippen LogP contribution in [-0.2, 0) is 6.61 Å². The molecule has 3 rings (SSSR count). The topological polar surface area (TPSA) is 47.6 Å². The van der Waals surface area contributed by atoms with E-state index in [1.165, 1.54) is 25.3 Å². The number of hydrogen-bond acceptors (Lipinski definition) is 3. The highest BCUT2D eigenvalue weighted by atomic mass is 79.9. The predicted molar refractivity (Wildman–Crippen MR) is 106 cm³/mol. The third-order valence-corrected chi connectivity index (χ3v) is 4.39. The zero-order valence-electron chi connectivity index (χ0n) is 14.5. The Morgan fingerprint density at radius 2 is 1.85 bits per heavy atom. The SMILES string of the molecule is COc1cc(C(=O)Nc2cccc(F)c2)cc(Br)c1OCc1ccccc1. The zero-order valence-corrected chi connectivity index (χ0v) is 16.1. The van der Waals surface area contributed by atoms with Crippen molar-refractivity contribution in [1.82, 2.24) is 0 Å². The summed E-state index contributed by atoms with van der Waals surface area (Å²) < 4.78 is 25.1. The zero-order chi connectivity index (χ0) is 19.2. The summed E-state index contributed by atoms with van der Waals surface area (Å²) in [5.41, 5.74) is 1.74. The smallest absolute Gasteiger partial charge is 0.255 e. The van der Waals surface area contributed by atoms with Gasteiger partial charge in [-0.15, -0.1) is 0 Å². The highest BCUT2D eigenvalue weighted by molar-refractivity contribution is 9.10. The number of amides is 1. The number of carbonyl (C=O) groups is 1. The maximum atomic E-state index is 13.3. The van der Waals surface area contributed by atoms with Gasteiger partial charge in [-0.3, -0.25) is 4.79 Å². The fourth-order valence-corrected chi connectivity index (χ4v) is 3.05. The molecule has 3 aromatic carbocycles. The van der Waals surface area contributed by atoms with Crippen molar-refractivity contribution in [3.63, 3.8) is 0 Å². The molecule has 0 spiro atoms. The first-order valence-electron chi connectivity index (χ1n) is 8.18. The number of carbonyl (C=O) groups excluding carboxylic acids is 1. The lowest BCUT2D eigenvalue weighted by Gasteiger charge is -2.14. The van der Waals surface area contributed by atoms with Gasteiger partial charge in [-0.2, -0.15) is 0 Å². The van der Waals surface area contributed by atoms with Crippen molar-refractivity contribution >= 4 is 27.5 Å². The maximum absolute atomic E-state index is 13.3. The average Bonchev–Trinajstić information content (AvgIpc) is 2.67. The molecule has 0 radical (unpaired) electrons. The number of hydrogen-bond donors (Lipinski definition) is 1. The largest absolute Gasteiger partial charge is 0.493 e. The molecule has 6 heteroatoms. The molecule has 27 heavy (non-hydrogen) atoms. The highest BCUT2D eigenvalue weighted by Gasteiger charge is 2.16. The Kier molecular flexibility index (Phi) is 6.08. The third-order valence-electron chi connectivity index (χ3n) is 3.80. The van der Waals surface area contributed by atoms with Gasteiger partial charge in [0, 0.05) is 11.3 Å². The van der Waals surface area contributed by atoms with E-state index in [-0.39, 0.29) is 5.91 Å². The molecule has 0 aliphatic heterocycles. The van der Waals surface area contributed by atoms with Gasteiger partial charge in [0.25, 0.3) is 5.91 Å². The molecular weight excluding hydrogens is 413 g/mol. The van der Waals surface area contributed by atoms with Crippen LogP contribution in [0.3, 0.4) is 0 Å². The summed E-state index contributed by atoms with van der Waals surface area (Å²) >= 11 is 3.43. The molecule has 1 amide bonds. The van der Waals surface area contributed by atoms with E-state index < -0.39 is 5.82 Å². The molecule has 1 N–H and O–H groups in total. The monoisotopic (exact) mass is 429 g/mol. The Labute approximate surface area is 165 Å². The number of halogens is 2. The van der Waals surface area contributed by atoms with Gasteiger partial charge in [0.15, 0.2) is 11.5 Å². The van der Waals surface area contributed by atoms with Crippen LogP contribution in [0.1, 0.15) is 15.9 Å². The van der Waals surface area contributed by atoms with Crippen molar-refractivity contribution in [3.05, 3.63) is 88.1 Å². The lowest BCUT2D eigenvalue weighted by molar-refractivity contribution is 0.102. The van der Waals surface area contributed by atoms with E-state index in [0.29, 0.717) is 33.8 Å². The van der Waals surface area contributed by atoms with Gasteiger partial charge in [0.05, 0.1) is 11.6 Å². The maximum Gasteiger partial charge on any atom is 0.255 e. The number of nitrogens with one attached hydrogen (secondary N) is 1. The van der Waals surface area contributed by atoms with Gasteiger partial charge >= 0.3 is 0 Å². The molecular formula is C21H17BrFNO3. The number of anilines is 1. The molecule has 0 bridgehead atoms. The third kappa shape index (κ3) is 4.86. The van der Waals surface area contributed by atoms with Crippen LogP contribution >= 0.6 is 15.9 Å². The minimum atomic E-state index is -0.420. The van der Waals surface area contributed by atoms with Crippen molar-refractivity contribution in [2.45, 2.75) is 6.61 Å². The van der Waals surface area contributed by atoms with E-state index in [4.69, 9.17) is 9.47 Å². The fourth-order valence-electron chi connectivity index (χ4n) is 2.49. The van der Waals surface area contributed by atoms with Crippen LogP contribution in [-0.4, -0.2) is 13.0 Å². The first kappa shape index (κ1) is 18.9. The van der Waals surface area contributed by atoms with Crippen molar-refractivity contribution in [2.24, 2.45) is 0 Å². The van der Waals surface area contributed by atoms with Crippen molar-refractivity contribution < 1.29 is 18.7 Å². The first-order valence-corrected chi connectivity index (χ1v) is 8.97. The molecule has 0 heterocycles. The molecule has 0 saturated carbocycles. The summed E-state index contributed by atoms with van der Waals surface area (Å²) in [7, 11) is 1.51. The number of rotatable bonds is 6. The Bertz CT molecular complexity index is 947. The van der Waals surface area contributed by atoms with Gasteiger partial charge in [-0.25, -0.2) is 4.39 Å². The van der Waals surface area contributed by atoms with Crippen LogP contribution in [0.5, 0.6) is 11.5 Å². The fraction of sp³-hybridized carbons (Fsp3) is 0.0952. The van der Waals surface area contributed by atoms with Gasteiger partial charge in [-0.05, 0) is 51.8 Å². The van der Waals surface area contributed by atoms with Crippen LogP contribution in [0.4, 0.5) is 10.1 Å². The first-order chi connectivity index (χ1) is 13.1. The molecule has 0 atom stereocenters. The molecule has 0 saturated heterocycles. The van der Waals surface area contributed by atoms with E-state index in [1.54, 1.807) is 18.2 Å². The second-order valence-corrected chi connectivity index (χ2v) is 6.58. The number of methoxy groups -OCH3 is 1. The van der Waals surface area contributed by atoms with Crippen LogP contribution in [0.2, 0.25) is 0 Å². The normalized spacial score (nSPS) is 10.3. The van der Waals surface area contributed by atoms with Crippen LogP contribution < -0.4 is 14.8 Å². The Hall–Kier alpha value is -2.86. The summed E-state index contributed by atoms with van der Waals surface area (Å²) in [4.78, 5) is 12.5. The summed E-state index contributed by atoms with van der Waals surface area (Å²) in [6, 6.07) is 18.7. The van der Waals surface area contributed by atoms with E-state index in [0.717, 1.165) is 5.56 Å². The van der Waals surface area contributed by atoms with Gasteiger partial charge < -0.3 is 14.8 Å². The number of ether oxygens (including phenoxy) is 2. The molecule has 0 aromatic heterocycles. The van der Waals surface area contributed by atoms with Crippen molar-refractivity contribution in [3.8, 4) is 11.5 Å². The molecule has 0 aliphatic carbocycles. The lowest BCUT2D eigenvalue weighted by Crippen LogP contribution is -2.12. The minimum absolute atomic E-state index is 0.357. The summed E-state index contributed by atoms with van der Waals surface area (Å²) in [6.07, 6.45) is 0. The van der Waals surface area contributed by atoms with Crippen molar-refractivity contribution in [1.29, 1.82) is 0 Å². The Balaban J connectivity index is 1.79. The van der Waals surface area contributed by atoms with E-state index in [2.05, 4.69) is 21.2 Å². The van der Waals surface area contributed by atoms with E-state index in [9.17, 15) is 9.18 Å². The van der Waals surface area contributed by atoms with Crippen LogP contribution in [0.15, 0.2) is 71.2 Å². The Morgan fingerprint density at radius 1 is 1.07 bits per heavy atom. The molecule has 0 fully saturated rings. The standard InChI is InChI=1S/C21H17BrFNO3/c1-26-19-11-15(21(25)24-17-9-5-8-16(23)12-17)10-18(22)20(19)27-13-14-6-3-2-4-7-14/h2-12H,13H2,1H3,(H,24,25). The summed E-state index contributed by atoms with van der Waals surface area (Å²) in [5.74, 6) is 0.124.